The number of carbonyl (C=O) groups excluding carboxylic acids is 2. The normalized spacial score (nSPS) is 15.3. The van der Waals surface area contributed by atoms with Gasteiger partial charge in [0, 0.05) is 44.8 Å². The van der Waals surface area contributed by atoms with Gasteiger partial charge in [-0.1, -0.05) is 35.9 Å². The highest BCUT2D eigenvalue weighted by Crippen LogP contribution is 2.38. The lowest BCUT2D eigenvalue weighted by Crippen LogP contribution is -2.22. The van der Waals surface area contributed by atoms with Crippen LogP contribution < -0.4 is 5.32 Å². The summed E-state index contributed by atoms with van der Waals surface area (Å²) in [5.41, 5.74) is 3.29. The van der Waals surface area contributed by atoms with Crippen LogP contribution in [0.5, 0.6) is 0 Å². The molecule has 0 saturated heterocycles. The van der Waals surface area contributed by atoms with Gasteiger partial charge in [0.2, 0.25) is 0 Å². The number of aliphatic hydroxyl groups excluding tert-OH is 2. The molecular weight excluding hydrogens is 418 g/mol. The van der Waals surface area contributed by atoms with E-state index in [2.05, 4.69) is 10.3 Å². The second-order valence-electron chi connectivity index (χ2n) is 7.47. The average molecular weight is 436 g/mol. The van der Waals surface area contributed by atoms with Crippen LogP contribution >= 0.6 is 11.6 Å². The van der Waals surface area contributed by atoms with Gasteiger partial charge in [-0.15, -0.1) is 0 Å². The van der Waals surface area contributed by atoms with E-state index >= 15 is 0 Å². The number of aromatic nitrogens is 2. The van der Waals surface area contributed by atoms with Crippen molar-refractivity contribution in [1.82, 2.24) is 14.9 Å². The van der Waals surface area contributed by atoms with Gasteiger partial charge < -0.3 is 19.8 Å². The van der Waals surface area contributed by atoms with Crippen molar-refractivity contribution in [2.75, 3.05) is 6.61 Å². The Kier molecular flexibility index (Phi) is 4.66. The number of benzene rings is 2. The summed E-state index contributed by atoms with van der Waals surface area (Å²) in [6.45, 7) is -0.295. The van der Waals surface area contributed by atoms with Crippen LogP contribution in [0, 0.1) is 0 Å². The number of H-pyrrole nitrogens is 1. The predicted molar refractivity (Wildman–Crippen MR) is 118 cm³/mol. The zero-order chi connectivity index (χ0) is 21.7. The molecule has 0 aliphatic carbocycles. The van der Waals surface area contributed by atoms with Gasteiger partial charge in [0.1, 0.15) is 0 Å². The molecule has 0 saturated carbocycles. The number of fused-ring (bicyclic) bond motifs is 2. The number of rotatable bonds is 5. The van der Waals surface area contributed by atoms with Crippen molar-refractivity contribution < 1.29 is 19.8 Å². The predicted octanol–water partition coefficient (Wildman–Crippen LogP) is 2.70. The van der Waals surface area contributed by atoms with Crippen molar-refractivity contribution in [3.05, 3.63) is 71.0 Å². The van der Waals surface area contributed by atoms with Gasteiger partial charge in [0.15, 0.2) is 0 Å². The Labute approximate surface area is 181 Å². The molecule has 4 N–H and O–H groups in total. The number of nitrogens with one attached hydrogen (secondary N) is 2. The molecule has 156 valence electrons. The molecule has 2 amide bonds. The van der Waals surface area contributed by atoms with E-state index in [0.29, 0.717) is 32.6 Å². The zero-order valence-corrected chi connectivity index (χ0v) is 17.0. The Morgan fingerprint density at radius 3 is 2.52 bits per heavy atom. The standard InChI is InChI=1S/C23H18ClN3O4/c24-12-5-6-15-17(10-27(19(15)7-12)9-13(29)11-28)21-20(22(30)26-23(21)31)16-8-25-18-4-2-1-3-14(16)18/h1-8,10,13,25,28-29H,9,11H2,(H,26,30,31). The van der Waals surface area contributed by atoms with Crippen molar-refractivity contribution in [1.29, 1.82) is 0 Å². The van der Waals surface area contributed by atoms with Crippen LogP contribution in [-0.4, -0.2) is 44.3 Å². The molecule has 1 unspecified atom stereocenters. The van der Waals surface area contributed by atoms with Crippen LogP contribution in [0.3, 0.4) is 0 Å². The Balaban J connectivity index is 1.79. The number of imide groups is 1. The van der Waals surface area contributed by atoms with Gasteiger partial charge in [-0.3, -0.25) is 14.9 Å². The van der Waals surface area contributed by atoms with E-state index in [4.69, 9.17) is 11.6 Å². The minimum atomic E-state index is -0.983. The number of carbonyl (C=O) groups is 2. The Bertz CT molecular complexity index is 1400. The minimum Gasteiger partial charge on any atom is -0.394 e. The van der Waals surface area contributed by atoms with Crippen LogP contribution in [0.1, 0.15) is 11.1 Å². The van der Waals surface area contributed by atoms with Crippen LogP contribution in [-0.2, 0) is 16.1 Å². The molecule has 8 heteroatoms. The lowest BCUT2D eigenvalue weighted by molar-refractivity contribution is -0.122. The molecule has 1 aliphatic rings. The highest BCUT2D eigenvalue weighted by Gasteiger charge is 2.35. The van der Waals surface area contributed by atoms with E-state index in [0.717, 1.165) is 10.9 Å². The van der Waals surface area contributed by atoms with Crippen molar-refractivity contribution >= 4 is 56.4 Å². The van der Waals surface area contributed by atoms with E-state index in [1.54, 1.807) is 35.2 Å². The Hall–Kier alpha value is -3.39. The number of para-hydroxylation sites is 1. The Morgan fingerprint density at radius 2 is 1.74 bits per heavy atom. The third-order valence-electron chi connectivity index (χ3n) is 5.52. The molecule has 3 heterocycles. The first-order valence-corrected chi connectivity index (χ1v) is 10.1. The maximum absolute atomic E-state index is 12.9. The summed E-state index contributed by atoms with van der Waals surface area (Å²) >= 11 is 6.18. The van der Waals surface area contributed by atoms with Gasteiger partial charge in [0.25, 0.3) is 11.8 Å². The smallest absolute Gasteiger partial charge is 0.259 e. The highest BCUT2D eigenvalue weighted by atomic mass is 35.5. The van der Waals surface area contributed by atoms with Crippen molar-refractivity contribution in [3.8, 4) is 0 Å². The number of aliphatic hydroxyl groups is 2. The number of halogens is 1. The molecule has 5 rings (SSSR count). The summed E-state index contributed by atoms with van der Waals surface area (Å²) < 4.78 is 1.73. The molecular formula is C23H18ClN3O4. The summed E-state index contributed by atoms with van der Waals surface area (Å²) in [6.07, 6.45) is 2.45. The number of amides is 2. The summed E-state index contributed by atoms with van der Waals surface area (Å²) in [4.78, 5) is 28.9. The molecule has 2 aromatic heterocycles. The molecule has 0 spiro atoms. The van der Waals surface area contributed by atoms with Gasteiger partial charge in [-0.2, -0.15) is 0 Å². The minimum absolute atomic E-state index is 0.110. The number of nitrogens with zero attached hydrogens (tertiary/aromatic N) is 1. The third-order valence-corrected chi connectivity index (χ3v) is 5.76. The lowest BCUT2D eigenvalue weighted by Gasteiger charge is -2.09. The van der Waals surface area contributed by atoms with Gasteiger partial charge >= 0.3 is 0 Å². The third kappa shape index (κ3) is 3.14. The molecule has 0 fully saturated rings. The molecule has 4 aromatic rings. The first kappa shape index (κ1) is 19.6. The zero-order valence-electron chi connectivity index (χ0n) is 16.2. The van der Waals surface area contributed by atoms with Crippen LogP contribution in [0.25, 0.3) is 33.0 Å². The molecule has 1 atom stereocenters. The quantitative estimate of drug-likeness (QED) is 0.361. The SMILES string of the molecule is O=C1NC(=O)C(c2cn(CC(O)CO)c3cc(Cl)ccc23)=C1c1c[nH]c2ccccc12. The van der Waals surface area contributed by atoms with Crippen molar-refractivity contribution in [2.45, 2.75) is 12.6 Å². The summed E-state index contributed by atoms with van der Waals surface area (Å²) in [5.74, 6) is -0.947. The maximum atomic E-state index is 12.9. The van der Waals surface area contributed by atoms with E-state index in [1.807, 2.05) is 24.3 Å². The summed E-state index contributed by atoms with van der Waals surface area (Å²) in [5, 5.41) is 23.7. The van der Waals surface area contributed by atoms with E-state index < -0.39 is 24.5 Å². The lowest BCUT2D eigenvalue weighted by atomic mass is 9.95. The van der Waals surface area contributed by atoms with Gasteiger partial charge in [0.05, 0.1) is 35.9 Å². The fourth-order valence-electron chi connectivity index (χ4n) is 4.15. The molecule has 31 heavy (non-hydrogen) atoms. The molecule has 7 nitrogen and oxygen atoms in total. The van der Waals surface area contributed by atoms with Crippen molar-refractivity contribution in [3.63, 3.8) is 0 Å². The van der Waals surface area contributed by atoms with Crippen LogP contribution in [0.2, 0.25) is 5.02 Å². The number of aromatic amines is 1. The Morgan fingerprint density at radius 1 is 1.00 bits per heavy atom. The fourth-order valence-corrected chi connectivity index (χ4v) is 4.31. The number of hydrogen-bond donors (Lipinski definition) is 4. The highest BCUT2D eigenvalue weighted by molar-refractivity contribution is 6.50. The molecule has 0 bridgehead atoms. The van der Waals surface area contributed by atoms with Gasteiger partial charge in [-0.05, 0) is 18.2 Å². The topological polar surface area (TPSA) is 107 Å². The molecule has 1 aliphatic heterocycles. The van der Waals surface area contributed by atoms with E-state index in [1.165, 1.54) is 0 Å². The average Bonchev–Trinajstić information content (AvgIpc) is 3.41. The van der Waals surface area contributed by atoms with Gasteiger partial charge in [-0.25, -0.2) is 0 Å². The van der Waals surface area contributed by atoms with E-state index in [9.17, 15) is 19.8 Å². The first-order chi connectivity index (χ1) is 15.0. The second kappa shape index (κ2) is 7.39. The fraction of sp³-hybridized carbons (Fsp3) is 0.130. The van der Waals surface area contributed by atoms with Crippen molar-refractivity contribution in [2.24, 2.45) is 0 Å². The first-order valence-electron chi connectivity index (χ1n) is 9.72. The maximum Gasteiger partial charge on any atom is 0.259 e. The van der Waals surface area contributed by atoms with E-state index in [-0.39, 0.29) is 12.1 Å². The van der Waals surface area contributed by atoms with Crippen LogP contribution in [0.15, 0.2) is 54.9 Å². The summed E-state index contributed by atoms with van der Waals surface area (Å²) in [6, 6.07) is 12.8. The second-order valence-corrected chi connectivity index (χ2v) is 7.91. The summed E-state index contributed by atoms with van der Waals surface area (Å²) in [7, 11) is 0. The molecule has 0 radical (unpaired) electrons. The van der Waals surface area contributed by atoms with Crippen LogP contribution in [0.4, 0.5) is 0 Å². The monoisotopic (exact) mass is 435 g/mol. The number of hydrogen-bond acceptors (Lipinski definition) is 4. The molecule has 2 aromatic carbocycles. The largest absolute Gasteiger partial charge is 0.394 e.